The lowest BCUT2D eigenvalue weighted by Gasteiger charge is -2.28. The lowest BCUT2D eigenvalue weighted by atomic mass is 9.83. The van der Waals surface area contributed by atoms with Gasteiger partial charge in [-0.15, -0.1) is 0 Å². The molecule has 7 nitrogen and oxygen atoms in total. The van der Waals surface area contributed by atoms with E-state index in [0.29, 0.717) is 22.6 Å². The summed E-state index contributed by atoms with van der Waals surface area (Å²) in [5.41, 5.74) is 7.68. The number of pyridine rings is 1. The summed E-state index contributed by atoms with van der Waals surface area (Å²) in [6, 6.07) is 8.90. The number of methoxy groups -OCH3 is 1. The number of aromatic nitrogens is 1. The molecule has 0 unspecified atom stereocenters. The molecule has 3 rings (SSSR count). The van der Waals surface area contributed by atoms with E-state index in [9.17, 15) is 9.59 Å². The second kappa shape index (κ2) is 7.19. The highest BCUT2D eigenvalue weighted by atomic mass is 16.5. The van der Waals surface area contributed by atoms with E-state index in [1.165, 1.54) is 4.57 Å². The van der Waals surface area contributed by atoms with Gasteiger partial charge in [-0.3, -0.25) is 4.79 Å². The van der Waals surface area contributed by atoms with E-state index in [-0.39, 0.29) is 23.6 Å². The molecule has 0 radical (unpaired) electrons. The molecule has 0 bridgehead atoms. The Hall–Kier alpha value is -3.22. The number of nitrogens with zero attached hydrogens (tertiary/aromatic N) is 1. The minimum atomic E-state index is -0.720. The van der Waals surface area contributed by atoms with Crippen molar-refractivity contribution in [1.29, 1.82) is 0 Å². The number of fused-ring (bicyclic) bond motifs is 1. The summed E-state index contributed by atoms with van der Waals surface area (Å²) in [6.45, 7) is 3.68. The van der Waals surface area contributed by atoms with Crippen molar-refractivity contribution in [2.45, 2.75) is 19.8 Å². The van der Waals surface area contributed by atoms with Crippen molar-refractivity contribution in [3.63, 3.8) is 0 Å². The molecule has 0 saturated heterocycles. The van der Waals surface area contributed by atoms with Crippen LogP contribution in [0.15, 0.2) is 46.6 Å². The molecule has 1 aliphatic rings. The smallest absolute Gasteiger partial charge is 0.340 e. The molecule has 0 fully saturated rings. The molecule has 0 saturated carbocycles. The maximum absolute atomic E-state index is 13.0. The number of carbonyl (C=O) groups excluding carboxylic acids is 1. The molecule has 1 aromatic heterocycles. The van der Waals surface area contributed by atoms with Crippen LogP contribution in [0.5, 0.6) is 11.5 Å². The maximum Gasteiger partial charge on any atom is 0.340 e. The lowest BCUT2D eigenvalue weighted by molar-refractivity contribution is -0.139. The average Bonchev–Trinajstić information content (AvgIpc) is 2.65. The number of rotatable bonds is 4. The minimum Gasteiger partial charge on any atom is -0.497 e. The van der Waals surface area contributed by atoms with Crippen LogP contribution in [0.25, 0.3) is 0 Å². The summed E-state index contributed by atoms with van der Waals surface area (Å²) in [5.74, 6) is -0.458. The number of benzene rings is 1. The molecule has 2 N–H and O–H groups in total. The lowest BCUT2D eigenvalue weighted by Crippen LogP contribution is -2.34. The predicted octanol–water partition coefficient (Wildman–Crippen LogP) is 1.96. The molecular formula is C20H22N2O5. The number of ether oxygens (including phenoxy) is 3. The molecule has 2 aromatic rings. The molecule has 0 aliphatic carbocycles. The van der Waals surface area contributed by atoms with Crippen molar-refractivity contribution in [2.75, 3.05) is 13.7 Å². The fraction of sp³-hybridized carbons (Fsp3) is 0.300. The number of esters is 1. The molecule has 1 aliphatic heterocycles. The van der Waals surface area contributed by atoms with Gasteiger partial charge in [0, 0.05) is 18.8 Å². The zero-order chi connectivity index (χ0) is 19.7. The van der Waals surface area contributed by atoms with Gasteiger partial charge >= 0.3 is 5.97 Å². The highest BCUT2D eigenvalue weighted by Gasteiger charge is 2.38. The first-order valence-corrected chi connectivity index (χ1v) is 8.58. The highest BCUT2D eigenvalue weighted by molar-refractivity contribution is 5.92. The second-order valence-corrected chi connectivity index (χ2v) is 6.24. The third kappa shape index (κ3) is 3.16. The van der Waals surface area contributed by atoms with Gasteiger partial charge in [0.25, 0.3) is 5.56 Å². The third-order valence-corrected chi connectivity index (χ3v) is 4.65. The first kappa shape index (κ1) is 18.6. The van der Waals surface area contributed by atoms with Gasteiger partial charge in [0.2, 0.25) is 5.88 Å². The zero-order valence-electron chi connectivity index (χ0n) is 15.7. The van der Waals surface area contributed by atoms with Crippen molar-refractivity contribution >= 4 is 5.97 Å². The van der Waals surface area contributed by atoms with Crippen LogP contribution in [-0.4, -0.2) is 24.3 Å². The number of nitrogens with two attached hydrogens (primary N) is 1. The van der Waals surface area contributed by atoms with Crippen LogP contribution in [0.4, 0.5) is 0 Å². The quantitative estimate of drug-likeness (QED) is 0.827. The molecule has 1 aromatic carbocycles. The average molecular weight is 370 g/mol. The minimum absolute atomic E-state index is 0.0681. The number of hydrogen-bond donors (Lipinski definition) is 1. The molecule has 0 spiro atoms. The van der Waals surface area contributed by atoms with Crippen LogP contribution in [0.3, 0.4) is 0 Å². The number of hydrogen-bond acceptors (Lipinski definition) is 6. The normalized spacial score (nSPS) is 15.8. The monoisotopic (exact) mass is 370 g/mol. The largest absolute Gasteiger partial charge is 0.497 e. The van der Waals surface area contributed by atoms with Crippen LogP contribution in [0.2, 0.25) is 0 Å². The summed E-state index contributed by atoms with van der Waals surface area (Å²) in [4.78, 5) is 25.7. The van der Waals surface area contributed by atoms with Crippen molar-refractivity contribution in [3.05, 3.63) is 69.0 Å². The van der Waals surface area contributed by atoms with Gasteiger partial charge < -0.3 is 24.5 Å². The molecule has 27 heavy (non-hydrogen) atoms. The summed E-state index contributed by atoms with van der Waals surface area (Å²) in [7, 11) is 3.22. The summed E-state index contributed by atoms with van der Waals surface area (Å²) >= 11 is 0. The topological polar surface area (TPSA) is 92.8 Å². The summed E-state index contributed by atoms with van der Waals surface area (Å²) in [6.07, 6.45) is 0. The molecule has 7 heteroatoms. The highest BCUT2D eigenvalue weighted by Crippen LogP contribution is 2.41. The van der Waals surface area contributed by atoms with Crippen molar-refractivity contribution in [1.82, 2.24) is 4.57 Å². The van der Waals surface area contributed by atoms with Crippen LogP contribution in [0, 0.1) is 6.92 Å². The Morgan fingerprint density at radius 3 is 2.74 bits per heavy atom. The van der Waals surface area contributed by atoms with Crippen molar-refractivity contribution < 1.29 is 19.0 Å². The molecule has 142 valence electrons. The van der Waals surface area contributed by atoms with Gasteiger partial charge in [0.15, 0.2) is 0 Å². The van der Waals surface area contributed by atoms with E-state index >= 15 is 0 Å². The Kier molecular flexibility index (Phi) is 4.94. The number of aryl methyl sites for hydroxylation is 1. The number of carbonyl (C=O) groups is 1. The Morgan fingerprint density at radius 1 is 1.33 bits per heavy atom. The van der Waals surface area contributed by atoms with Gasteiger partial charge in [0.1, 0.15) is 17.1 Å². The van der Waals surface area contributed by atoms with Gasteiger partial charge in [0.05, 0.1) is 25.2 Å². The first-order chi connectivity index (χ1) is 12.9. The summed E-state index contributed by atoms with van der Waals surface area (Å²) in [5, 5.41) is 0. The zero-order valence-corrected chi connectivity index (χ0v) is 15.7. The Labute approximate surface area is 157 Å². The van der Waals surface area contributed by atoms with Gasteiger partial charge in [-0.05, 0) is 31.5 Å². The van der Waals surface area contributed by atoms with Crippen LogP contribution in [-0.2, 0) is 16.6 Å². The van der Waals surface area contributed by atoms with E-state index in [2.05, 4.69) is 0 Å². The van der Waals surface area contributed by atoms with E-state index in [1.54, 1.807) is 52.3 Å². The fourth-order valence-corrected chi connectivity index (χ4v) is 3.20. The van der Waals surface area contributed by atoms with E-state index in [1.807, 2.05) is 6.07 Å². The van der Waals surface area contributed by atoms with E-state index < -0.39 is 11.9 Å². The first-order valence-electron chi connectivity index (χ1n) is 8.58. The maximum atomic E-state index is 13.0. The Balaban J connectivity index is 2.31. The molecular weight excluding hydrogens is 348 g/mol. The summed E-state index contributed by atoms with van der Waals surface area (Å²) < 4.78 is 17.6. The van der Waals surface area contributed by atoms with Crippen LogP contribution in [0.1, 0.15) is 29.7 Å². The van der Waals surface area contributed by atoms with E-state index in [4.69, 9.17) is 19.9 Å². The van der Waals surface area contributed by atoms with Crippen molar-refractivity contribution in [3.8, 4) is 11.5 Å². The Bertz CT molecular complexity index is 990. The fourth-order valence-electron chi connectivity index (χ4n) is 3.20. The predicted molar refractivity (Wildman–Crippen MR) is 99.7 cm³/mol. The molecule has 1 atom stereocenters. The standard InChI is InChI=1S/C20H22N2O5/c1-5-26-20(24)17-15(12-7-6-8-13(10-12)25-4)16-14(27-18(17)21)9-11(2)22(3)19(16)23/h6-10,15H,5,21H2,1-4H3/t15-/m1/s1. The SMILES string of the molecule is CCOC(=O)C1=C(N)Oc2cc(C)n(C)c(=O)c2[C@H]1c1cccc(OC)c1. The van der Waals surface area contributed by atoms with Gasteiger partial charge in [-0.2, -0.15) is 0 Å². The third-order valence-electron chi connectivity index (χ3n) is 4.65. The molecule has 2 heterocycles. The van der Waals surface area contributed by atoms with Crippen LogP contribution >= 0.6 is 0 Å². The van der Waals surface area contributed by atoms with Crippen molar-refractivity contribution in [2.24, 2.45) is 12.8 Å². The van der Waals surface area contributed by atoms with Gasteiger partial charge in [-0.25, -0.2) is 4.79 Å². The Morgan fingerprint density at radius 2 is 2.07 bits per heavy atom. The van der Waals surface area contributed by atoms with Crippen LogP contribution < -0.4 is 20.8 Å². The van der Waals surface area contributed by atoms with Gasteiger partial charge in [-0.1, -0.05) is 12.1 Å². The second-order valence-electron chi connectivity index (χ2n) is 6.24. The van der Waals surface area contributed by atoms with E-state index in [0.717, 1.165) is 5.69 Å². The molecule has 0 amide bonds.